The first-order valence-electron chi connectivity index (χ1n) is 6.09. The van der Waals surface area contributed by atoms with E-state index < -0.39 is 23.9 Å². The topological polar surface area (TPSA) is 6.25 Å². The van der Waals surface area contributed by atoms with Crippen LogP contribution in [0.3, 0.4) is 0 Å². The van der Waals surface area contributed by atoms with Crippen molar-refractivity contribution in [3.05, 3.63) is 11.3 Å². The molecule has 0 aromatic heterocycles. The number of alkyl halides is 5. The molecule has 1 aliphatic heterocycles. The molecule has 7 heteroatoms. The number of allylic oxidation sites excluding steroid dienone is 2. The summed E-state index contributed by atoms with van der Waals surface area (Å²) in [6.45, 7) is 0.951. The minimum Gasteiger partial charge on any atom is -0.376 e. The van der Waals surface area contributed by atoms with Gasteiger partial charge in [0.05, 0.1) is 5.70 Å². The molecule has 1 rings (SSSR count). The van der Waals surface area contributed by atoms with Gasteiger partial charge in [0.2, 0.25) is 0 Å². The Labute approximate surface area is 109 Å². The van der Waals surface area contributed by atoms with Crippen molar-refractivity contribution in [3.63, 3.8) is 0 Å². The third-order valence-electron chi connectivity index (χ3n) is 2.97. The van der Waals surface area contributed by atoms with E-state index in [1.54, 1.807) is 0 Å². The van der Waals surface area contributed by atoms with Gasteiger partial charge in [0.15, 0.2) is 6.21 Å². The number of rotatable bonds is 3. The highest BCUT2D eigenvalue weighted by Crippen LogP contribution is 2.30. The zero-order chi connectivity index (χ0) is 14.6. The Morgan fingerprint density at radius 3 is 2.00 bits per heavy atom. The smallest absolute Gasteiger partial charge is 0.376 e. The van der Waals surface area contributed by atoms with Gasteiger partial charge in [-0.2, -0.15) is 13.2 Å². The molecule has 2 nitrogen and oxygen atoms in total. The lowest BCUT2D eigenvalue weighted by atomic mass is 10.1. The first kappa shape index (κ1) is 15.9. The summed E-state index contributed by atoms with van der Waals surface area (Å²) in [5, 5.41) is 0. The average Bonchev–Trinajstić information content (AvgIpc) is 2.27. The minimum atomic E-state index is -4.78. The van der Waals surface area contributed by atoms with Crippen LogP contribution in [0.4, 0.5) is 22.0 Å². The Kier molecular flexibility index (Phi) is 5.31. The van der Waals surface area contributed by atoms with E-state index in [0.29, 0.717) is 13.1 Å². The zero-order valence-electron chi connectivity index (χ0n) is 11.0. The van der Waals surface area contributed by atoms with E-state index in [0.717, 1.165) is 30.4 Å². The second-order valence-corrected chi connectivity index (χ2v) is 4.72. The maximum absolute atomic E-state index is 13.0. The lowest BCUT2D eigenvalue weighted by Gasteiger charge is -2.21. The van der Waals surface area contributed by atoms with Gasteiger partial charge in [-0.25, -0.2) is 13.4 Å². The molecule has 0 aromatic carbocycles. The molecule has 0 N–H and O–H groups in total. The van der Waals surface area contributed by atoms with Crippen molar-refractivity contribution in [3.8, 4) is 0 Å². The predicted molar refractivity (Wildman–Crippen MR) is 62.7 cm³/mol. The SMILES string of the molecule is CN(C)/C(=C(\C=[N+]1CCCCC1)C(F)(F)F)C(F)F. The van der Waals surface area contributed by atoms with Crippen LogP contribution in [0.1, 0.15) is 19.3 Å². The molecule has 0 aliphatic carbocycles. The maximum atomic E-state index is 13.0. The highest BCUT2D eigenvalue weighted by atomic mass is 19.4. The van der Waals surface area contributed by atoms with E-state index in [1.807, 2.05) is 0 Å². The Morgan fingerprint density at radius 1 is 1.11 bits per heavy atom. The van der Waals surface area contributed by atoms with Crippen LogP contribution in [0.25, 0.3) is 0 Å². The van der Waals surface area contributed by atoms with Gasteiger partial charge in [-0.15, -0.1) is 0 Å². The van der Waals surface area contributed by atoms with Crippen LogP contribution >= 0.6 is 0 Å². The molecule has 0 atom stereocenters. The Balaban J connectivity index is 3.24. The van der Waals surface area contributed by atoms with Gasteiger partial charge < -0.3 is 4.90 Å². The third-order valence-corrected chi connectivity index (χ3v) is 2.97. The molecule has 0 amide bonds. The summed E-state index contributed by atoms with van der Waals surface area (Å²) >= 11 is 0. The van der Waals surface area contributed by atoms with Crippen molar-refractivity contribution in [2.75, 3.05) is 27.2 Å². The number of hydrogen-bond donors (Lipinski definition) is 0. The van der Waals surface area contributed by atoms with E-state index in [4.69, 9.17) is 0 Å². The number of halogens is 5. The normalized spacial score (nSPS) is 18.4. The number of nitrogens with zero attached hydrogens (tertiary/aromatic N) is 2. The summed E-state index contributed by atoms with van der Waals surface area (Å²) in [4.78, 5) is 0.827. The molecule has 0 saturated carbocycles. The third kappa shape index (κ3) is 4.47. The molecule has 0 spiro atoms. The van der Waals surface area contributed by atoms with Crippen molar-refractivity contribution in [2.45, 2.75) is 31.9 Å². The molecule has 1 fully saturated rings. The van der Waals surface area contributed by atoms with Gasteiger partial charge in [-0.05, 0) is 6.42 Å². The van der Waals surface area contributed by atoms with Gasteiger partial charge in [0, 0.05) is 26.9 Å². The molecular weight excluding hydrogens is 267 g/mol. The van der Waals surface area contributed by atoms with E-state index in [-0.39, 0.29) is 0 Å². The largest absolute Gasteiger partial charge is 0.424 e. The second kappa shape index (κ2) is 6.34. The fourth-order valence-corrected chi connectivity index (χ4v) is 2.07. The molecule has 0 aromatic rings. The summed E-state index contributed by atoms with van der Waals surface area (Å²) in [7, 11) is 2.38. The number of hydrogen-bond acceptors (Lipinski definition) is 1. The van der Waals surface area contributed by atoms with Gasteiger partial charge in [-0.3, -0.25) is 0 Å². The van der Waals surface area contributed by atoms with Crippen LogP contribution in [0.2, 0.25) is 0 Å². The van der Waals surface area contributed by atoms with Crippen LogP contribution in [-0.2, 0) is 0 Å². The van der Waals surface area contributed by atoms with Gasteiger partial charge in [0.25, 0.3) is 6.43 Å². The van der Waals surface area contributed by atoms with Crippen LogP contribution in [-0.4, -0.2) is 55.5 Å². The maximum Gasteiger partial charge on any atom is 0.424 e. The molecule has 1 saturated heterocycles. The van der Waals surface area contributed by atoms with Crippen LogP contribution in [0.5, 0.6) is 0 Å². The van der Waals surface area contributed by atoms with Crippen molar-refractivity contribution < 1.29 is 26.5 Å². The fraction of sp³-hybridized carbons (Fsp3) is 0.750. The predicted octanol–water partition coefficient (Wildman–Crippen LogP) is 2.90. The molecule has 0 radical (unpaired) electrons. The Hall–Kier alpha value is -1.14. The lowest BCUT2D eigenvalue weighted by molar-refractivity contribution is -0.533. The van der Waals surface area contributed by atoms with E-state index in [2.05, 4.69) is 0 Å². The van der Waals surface area contributed by atoms with Crippen molar-refractivity contribution in [1.29, 1.82) is 0 Å². The van der Waals surface area contributed by atoms with Crippen molar-refractivity contribution >= 4 is 6.21 Å². The van der Waals surface area contributed by atoms with Gasteiger partial charge in [0.1, 0.15) is 18.7 Å². The monoisotopic (exact) mass is 285 g/mol. The van der Waals surface area contributed by atoms with Crippen LogP contribution < -0.4 is 0 Å². The summed E-state index contributed by atoms with van der Waals surface area (Å²) < 4.78 is 66.1. The molecule has 1 heterocycles. The average molecular weight is 285 g/mol. The molecule has 110 valence electrons. The van der Waals surface area contributed by atoms with E-state index in [1.165, 1.54) is 18.7 Å². The Morgan fingerprint density at radius 2 is 1.63 bits per heavy atom. The Bertz CT molecular complexity index is 351. The summed E-state index contributed by atoms with van der Waals surface area (Å²) in [6, 6.07) is 0. The quantitative estimate of drug-likeness (QED) is 0.571. The standard InChI is InChI=1S/C12H18F5N2/c1-18(2)10(11(13)14)9(12(15,16)17)8-19-6-4-3-5-7-19/h8,11H,3-7H2,1-2H3/q+1. The molecule has 0 bridgehead atoms. The molecular formula is C12H18F5N2+. The van der Waals surface area contributed by atoms with E-state index in [9.17, 15) is 22.0 Å². The minimum absolute atomic E-state index is 0.476. The molecule has 0 unspecified atom stereocenters. The summed E-state index contributed by atoms with van der Waals surface area (Å²) in [5.41, 5.74) is -2.24. The fourth-order valence-electron chi connectivity index (χ4n) is 2.07. The molecule has 19 heavy (non-hydrogen) atoms. The first-order valence-corrected chi connectivity index (χ1v) is 6.09. The summed E-state index contributed by atoms with van der Waals surface area (Å²) in [5.74, 6) is 0. The van der Waals surface area contributed by atoms with Crippen LogP contribution in [0, 0.1) is 0 Å². The van der Waals surface area contributed by atoms with Crippen molar-refractivity contribution in [1.82, 2.24) is 4.90 Å². The number of piperidine rings is 1. The van der Waals surface area contributed by atoms with Gasteiger partial charge in [-0.1, -0.05) is 0 Å². The first-order chi connectivity index (χ1) is 8.73. The highest BCUT2D eigenvalue weighted by molar-refractivity contribution is 5.77. The summed E-state index contributed by atoms with van der Waals surface area (Å²) in [6.07, 6.45) is -4.58. The lowest BCUT2D eigenvalue weighted by Crippen LogP contribution is -2.31. The van der Waals surface area contributed by atoms with Crippen molar-refractivity contribution in [2.24, 2.45) is 0 Å². The van der Waals surface area contributed by atoms with Gasteiger partial charge >= 0.3 is 6.18 Å². The zero-order valence-corrected chi connectivity index (χ0v) is 11.0. The van der Waals surface area contributed by atoms with Crippen LogP contribution in [0.15, 0.2) is 11.3 Å². The van der Waals surface area contributed by atoms with E-state index >= 15 is 0 Å². The molecule has 1 aliphatic rings. The highest BCUT2D eigenvalue weighted by Gasteiger charge is 2.41. The second-order valence-electron chi connectivity index (χ2n) is 4.72.